The minimum absolute atomic E-state index is 0. The number of aryl methyl sites for hydroxylation is 1. The Bertz CT molecular complexity index is 522. The second-order valence-corrected chi connectivity index (χ2v) is 6.68. The molecule has 130 valence electrons. The van der Waals surface area contributed by atoms with Crippen LogP contribution in [0.3, 0.4) is 0 Å². The van der Waals surface area contributed by atoms with Gasteiger partial charge in [0.25, 0.3) is 0 Å². The first-order chi connectivity index (χ1) is 10.6. The molecule has 0 aromatic carbocycles. The van der Waals surface area contributed by atoms with Crippen molar-refractivity contribution in [3.8, 4) is 0 Å². The van der Waals surface area contributed by atoms with Gasteiger partial charge in [0.05, 0.1) is 18.2 Å². The molecule has 0 bridgehead atoms. The zero-order valence-electron chi connectivity index (χ0n) is 13.6. The monoisotopic (exact) mass is 342 g/mol. The summed E-state index contributed by atoms with van der Waals surface area (Å²) in [5.74, 6) is 0.440. The lowest BCUT2D eigenvalue weighted by Gasteiger charge is -2.28. The number of aromatic nitrogens is 2. The summed E-state index contributed by atoms with van der Waals surface area (Å²) in [5.41, 5.74) is 1.12. The minimum Gasteiger partial charge on any atom is -0.393 e. The Labute approximate surface area is 143 Å². The van der Waals surface area contributed by atoms with Gasteiger partial charge < -0.3 is 15.7 Å². The van der Waals surface area contributed by atoms with Gasteiger partial charge in [-0.05, 0) is 18.4 Å². The molecule has 0 spiro atoms. The third kappa shape index (κ3) is 4.25. The lowest BCUT2D eigenvalue weighted by atomic mass is 9.86. The maximum atomic E-state index is 12.5. The quantitative estimate of drug-likeness (QED) is 0.756. The van der Waals surface area contributed by atoms with Crippen LogP contribution in [0.1, 0.15) is 37.2 Å². The fraction of sp³-hybridized carbons (Fsp3) is 0.750. The van der Waals surface area contributed by atoms with Gasteiger partial charge in [-0.2, -0.15) is 5.10 Å². The number of hydrogen-bond donors (Lipinski definition) is 3. The average molecular weight is 343 g/mol. The van der Waals surface area contributed by atoms with E-state index in [1.807, 2.05) is 19.4 Å². The van der Waals surface area contributed by atoms with Crippen LogP contribution >= 0.6 is 12.4 Å². The molecule has 2 fully saturated rings. The highest BCUT2D eigenvalue weighted by Gasteiger charge is 2.35. The van der Waals surface area contributed by atoms with E-state index in [9.17, 15) is 9.90 Å². The smallest absolute Gasteiger partial charge is 0.225 e. The molecular weight excluding hydrogens is 316 g/mol. The largest absolute Gasteiger partial charge is 0.393 e. The van der Waals surface area contributed by atoms with Crippen LogP contribution < -0.4 is 10.6 Å². The molecule has 2 heterocycles. The van der Waals surface area contributed by atoms with Gasteiger partial charge in [0.15, 0.2) is 0 Å². The third-order valence-electron chi connectivity index (χ3n) is 5.11. The maximum Gasteiger partial charge on any atom is 0.225 e. The highest BCUT2D eigenvalue weighted by Crippen LogP contribution is 2.28. The highest BCUT2D eigenvalue weighted by atomic mass is 35.5. The van der Waals surface area contributed by atoms with E-state index in [1.165, 1.54) is 0 Å². The number of rotatable bonds is 4. The summed E-state index contributed by atoms with van der Waals surface area (Å²) in [7, 11) is 1.89. The van der Waals surface area contributed by atoms with E-state index in [1.54, 1.807) is 4.68 Å². The predicted molar refractivity (Wildman–Crippen MR) is 90.5 cm³/mol. The number of nitrogens with zero attached hydrogens (tertiary/aromatic N) is 2. The summed E-state index contributed by atoms with van der Waals surface area (Å²) in [5, 5.41) is 20.6. The van der Waals surface area contributed by atoms with Crippen molar-refractivity contribution in [3.63, 3.8) is 0 Å². The average Bonchev–Trinajstić information content (AvgIpc) is 3.14. The number of aliphatic hydroxyl groups excluding tert-OH is 1. The van der Waals surface area contributed by atoms with Crippen LogP contribution in [0.4, 0.5) is 0 Å². The van der Waals surface area contributed by atoms with Crippen molar-refractivity contribution in [3.05, 3.63) is 18.0 Å². The molecule has 4 atom stereocenters. The number of hydrogen-bond acceptors (Lipinski definition) is 4. The molecule has 1 saturated heterocycles. The van der Waals surface area contributed by atoms with Crippen molar-refractivity contribution in [2.24, 2.45) is 18.9 Å². The van der Waals surface area contributed by atoms with Crippen molar-refractivity contribution in [1.82, 2.24) is 20.4 Å². The summed E-state index contributed by atoms with van der Waals surface area (Å²) >= 11 is 0. The van der Waals surface area contributed by atoms with Gasteiger partial charge in [0, 0.05) is 44.7 Å². The molecule has 6 nitrogen and oxygen atoms in total. The van der Waals surface area contributed by atoms with Crippen molar-refractivity contribution in [2.75, 3.05) is 19.6 Å². The molecule has 1 aromatic heterocycles. The molecule has 7 heteroatoms. The molecule has 2 aliphatic rings. The molecule has 1 aliphatic heterocycles. The Hall–Kier alpha value is -1.11. The van der Waals surface area contributed by atoms with Gasteiger partial charge in [-0.15, -0.1) is 12.4 Å². The molecule has 1 aliphatic carbocycles. The zero-order valence-corrected chi connectivity index (χ0v) is 14.4. The van der Waals surface area contributed by atoms with Gasteiger partial charge >= 0.3 is 0 Å². The van der Waals surface area contributed by atoms with Crippen LogP contribution in [-0.2, 0) is 11.8 Å². The molecule has 23 heavy (non-hydrogen) atoms. The van der Waals surface area contributed by atoms with E-state index in [-0.39, 0.29) is 42.2 Å². The summed E-state index contributed by atoms with van der Waals surface area (Å²) in [6, 6.07) is 0. The number of carbonyl (C=O) groups is 1. The van der Waals surface area contributed by atoms with E-state index in [0.717, 1.165) is 37.8 Å². The maximum absolute atomic E-state index is 12.5. The Balaban J connectivity index is 0.00000192. The Morgan fingerprint density at radius 2 is 2.22 bits per heavy atom. The van der Waals surface area contributed by atoms with Crippen LogP contribution in [-0.4, -0.2) is 46.5 Å². The predicted octanol–water partition coefficient (Wildman–Crippen LogP) is 0.812. The standard InChI is InChI=1S/C16H26N4O2.ClH/c1-20-10-12(7-19-20)13-8-17-9-14(13)16(22)18-6-11-4-2-3-5-15(11)21;/h7,10-11,13-15,17,21H,2-6,8-9H2,1H3,(H,18,22);1H/t11?,13-,14+,15?;/m1./s1. The first-order valence-corrected chi connectivity index (χ1v) is 8.30. The molecule has 3 rings (SSSR count). The fourth-order valence-corrected chi connectivity index (χ4v) is 3.73. The Kier molecular flexibility index (Phi) is 6.44. The number of halogens is 1. The van der Waals surface area contributed by atoms with Crippen LogP contribution in [0.2, 0.25) is 0 Å². The van der Waals surface area contributed by atoms with Crippen LogP contribution in [0, 0.1) is 11.8 Å². The normalized spacial score (nSPS) is 30.7. The van der Waals surface area contributed by atoms with Crippen molar-refractivity contribution in [2.45, 2.75) is 37.7 Å². The Morgan fingerprint density at radius 1 is 1.43 bits per heavy atom. The van der Waals surface area contributed by atoms with Crippen LogP contribution in [0.25, 0.3) is 0 Å². The number of aliphatic hydroxyl groups is 1. The fourth-order valence-electron chi connectivity index (χ4n) is 3.73. The summed E-state index contributed by atoms with van der Waals surface area (Å²) < 4.78 is 1.78. The highest BCUT2D eigenvalue weighted by molar-refractivity contribution is 5.85. The van der Waals surface area contributed by atoms with E-state index in [0.29, 0.717) is 13.1 Å². The van der Waals surface area contributed by atoms with Gasteiger partial charge in [0.2, 0.25) is 5.91 Å². The molecular formula is C16H27ClN4O2. The molecule has 1 saturated carbocycles. The number of carbonyl (C=O) groups excluding carboxylic acids is 1. The minimum atomic E-state index is -0.259. The summed E-state index contributed by atoms with van der Waals surface area (Å²) in [4.78, 5) is 12.5. The van der Waals surface area contributed by atoms with Crippen molar-refractivity contribution < 1.29 is 9.90 Å². The lowest BCUT2D eigenvalue weighted by molar-refractivity contribution is -0.125. The number of nitrogens with one attached hydrogen (secondary N) is 2. The van der Waals surface area contributed by atoms with E-state index in [2.05, 4.69) is 15.7 Å². The second-order valence-electron chi connectivity index (χ2n) is 6.68. The molecule has 1 amide bonds. The summed E-state index contributed by atoms with van der Waals surface area (Å²) in [6.45, 7) is 2.12. The third-order valence-corrected chi connectivity index (χ3v) is 5.11. The van der Waals surface area contributed by atoms with Gasteiger partial charge in [0.1, 0.15) is 0 Å². The van der Waals surface area contributed by atoms with Crippen LogP contribution in [0.15, 0.2) is 12.4 Å². The van der Waals surface area contributed by atoms with E-state index < -0.39 is 0 Å². The second kappa shape index (κ2) is 8.13. The number of amides is 1. The molecule has 0 radical (unpaired) electrons. The molecule has 1 aromatic rings. The van der Waals surface area contributed by atoms with E-state index in [4.69, 9.17) is 0 Å². The van der Waals surface area contributed by atoms with Gasteiger partial charge in [-0.3, -0.25) is 9.48 Å². The van der Waals surface area contributed by atoms with E-state index >= 15 is 0 Å². The lowest BCUT2D eigenvalue weighted by Crippen LogP contribution is -2.40. The van der Waals surface area contributed by atoms with Gasteiger partial charge in [-0.1, -0.05) is 12.8 Å². The first-order valence-electron chi connectivity index (χ1n) is 8.30. The van der Waals surface area contributed by atoms with Gasteiger partial charge in [-0.25, -0.2) is 0 Å². The molecule has 2 unspecified atom stereocenters. The zero-order chi connectivity index (χ0) is 15.5. The Morgan fingerprint density at radius 3 is 2.91 bits per heavy atom. The van der Waals surface area contributed by atoms with Crippen LogP contribution in [0.5, 0.6) is 0 Å². The van der Waals surface area contributed by atoms with Crippen molar-refractivity contribution in [1.29, 1.82) is 0 Å². The SMILES string of the molecule is Cl.Cn1cc([C@H]2CNC[C@@H]2C(=O)NCC2CCCCC2O)cn1. The first kappa shape index (κ1) is 18.2. The van der Waals surface area contributed by atoms with Crippen molar-refractivity contribution >= 4 is 18.3 Å². The summed E-state index contributed by atoms with van der Waals surface area (Å²) in [6.07, 6.45) is 7.71. The topological polar surface area (TPSA) is 79.2 Å². The molecule has 3 N–H and O–H groups in total.